The van der Waals surface area contributed by atoms with E-state index in [0.29, 0.717) is 29.3 Å². The number of tetrazole rings is 1. The Balaban J connectivity index is 1.39. The summed E-state index contributed by atoms with van der Waals surface area (Å²) in [4.78, 5) is 25.3. The van der Waals surface area contributed by atoms with Gasteiger partial charge in [-0.25, -0.2) is 9.97 Å². The van der Waals surface area contributed by atoms with Crippen LogP contribution in [0.3, 0.4) is 0 Å². The van der Waals surface area contributed by atoms with Crippen LogP contribution >= 0.6 is 0 Å². The van der Waals surface area contributed by atoms with Crippen LogP contribution in [0.15, 0.2) is 55.4 Å². The van der Waals surface area contributed by atoms with Gasteiger partial charge in [-0.15, -0.1) is 15.0 Å². The van der Waals surface area contributed by atoms with E-state index in [9.17, 15) is 4.79 Å². The van der Waals surface area contributed by atoms with Gasteiger partial charge < -0.3 is 14.0 Å². The van der Waals surface area contributed by atoms with Crippen molar-refractivity contribution in [2.75, 3.05) is 6.54 Å². The SMILES string of the molecule is C[C@@H]1CC[C@@H](Oc2nccn3ccnc23)CN1C(=O)c1ccccc1-n1ncnn1. The van der Waals surface area contributed by atoms with Gasteiger partial charge in [0.2, 0.25) is 0 Å². The minimum absolute atomic E-state index is 0.0873. The van der Waals surface area contributed by atoms with Crippen LogP contribution < -0.4 is 4.74 Å². The van der Waals surface area contributed by atoms with Gasteiger partial charge in [-0.2, -0.15) is 0 Å². The number of benzene rings is 1. The summed E-state index contributed by atoms with van der Waals surface area (Å²) in [6.07, 6.45) is 9.89. The number of rotatable bonds is 4. The smallest absolute Gasteiger partial charge is 0.258 e. The van der Waals surface area contributed by atoms with Crippen LogP contribution in [0.1, 0.15) is 30.1 Å². The molecule has 1 saturated heterocycles. The molecule has 0 saturated carbocycles. The van der Waals surface area contributed by atoms with Gasteiger partial charge in [0.1, 0.15) is 11.8 Å². The van der Waals surface area contributed by atoms with E-state index in [1.807, 2.05) is 33.8 Å². The Bertz CT molecular complexity index is 1170. The van der Waals surface area contributed by atoms with Crippen LogP contribution in [0.5, 0.6) is 5.88 Å². The molecule has 152 valence electrons. The van der Waals surface area contributed by atoms with E-state index in [1.54, 1.807) is 24.5 Å². The second kappa shape index (κ2) is 7.54. The summed E-state index contributed by atoms with van der Waals surface area (Å²) in [5.74, 6) is 0.386. The highest BCUT2D eigenvalue weighted by atomic mass is 16.5. The van der Waals surface area contributed by atoms with Crippen LogP contribution in [0, 0.1) is 0 Å². The third kappa shape index (κ3) is 3.25. The number of likely N-dealkylation sites (tertiary alicyclic amines) is 1. The van der Waals surface area contributed by atoms with E-state index >= 15 is 0 Å². The molecule has 4 aromatic rings. The molecule has 4 heterocycles. The van der Waals surface area contributed by atoms with Crippen molar-refractivity contribution in [2.24, 2.45) is 0 Å². The molecule has 2 atom stereocenters. The fourth-order valence-corrected chi connectivity index (χ4v) is 3.78. The first-order valence-corrected chi connectivity index (χ1v) is 9.78. The Morgan fingerprint density at radius 2 is 1.97 bits per heavy atom. The summed E-state index contributed by atoms with van der Waals surface area (Å²) in [5, 5.41) is 11.7. The molecule has 0 radical (unpaired) electrons. The number of hydrogen-bond donors (Lipinski definition) is 0. The van der Waals surface area contributed by atoms with Gasteiger partial charge in [0.15, 0.2) is 12.0 Å². The highest BCUT2D eigenvalue weighted by molar-refractivity contribution is 5.98. The number of fused-ring (bicyclic) bond motifs is 1. The Kier molecular flexibility index (Phi) is 4.58. The molecule has 0 spiro atoms. The average molecular weight is 404 g/mol. The van der Waals surface area contributed by atoms with Crippen molar-refractivity contribution in [3.8, 4) is 11.6 Å². The maximum atomic E-state index is 13.4. The minimum Gasteiger partial charge on any atom is -0.470 e. The lowest BCUT2D eigenvalue weighted by molar-refractivity contribution is 0.0375. The van der Waals surface area contributed by atoms with Crippen molar-refractivity contribution in [1.29, 1.82) is 0 Å². The maximum absolute atomic E-state index is 13.4. The first-order chi connectivity index (χ1) is 14.7. The first-order valence-electron chi connectivity index (χ1n) is 9.78. The lowest BCUT2D eigenvalue weighted by Gasteiger charge is -2.38. The van der Waals surface area contributed by atoms with Crippen LogP contribution in [0.25, 0.3) is 11.3 Å². The third-order valence-corrected chi connectivity index (χ3v) is 5.36. The second-order valence-corrected chi connectivity index (χ2v) is 7.26. The molecule has 0 bridgehead atoms. The molecule has 1 aliphatic heterocycles. The topological polar surface area (TPSA) is 103 Å². The van der Waals surface area contributed by atoms with Gasteiger partial charge in [0.05, 0.1) is 12.1 Å². The van der Waals surface area contributed by atoms with Crippen molar-refractivity contribution in [2.45, 2.75) is 31.9 Å². The van der Waals surface area contributed by atoms with Gasteiger partial charge in [-0.3, -0.25) is 4.79 Å². The van der Waals surface area contributed by atoms with Crippen LogP contribution in [0.4, 0.5) is 0 Å². The third-order valence-electron chi connectivity index (χ3n) is 5.36. The number of para-hydroxylation sites is 1. The number of carbonyl (C=O) groups excluding carboxylic acids is 1. The van der Waals surface area contributed by atoms with E-state index in [4.69, 9.17) is 4.74 Å². The van der Waals surface area contributed by atoms with E-state index in [-0.39, 0.29) is 18.1 Å². The van der Waals surface area contributed by atoms with E-state index in [2.05, 4.69) is 32.3 Å². The highest BCUT2D eigenvalue weighted by Crippen LogP contribution is 2.25. The predicted molar refractivity (Wildman–Crippen MR) is 106 cm³/mol. The molecular formula is C20H20N8O2. The molecule has 1 fully saturated rings. The van der Waals surface area contributed by atoms with Gasteiger partial charge in [-0.1, -0.05) is 12.1 Å². The van der Waals surface area contributed by atoms with Crippen LogP contribution in [-0.2, 0) is 0 Å². The second-order valence-electron chi connectivity index (χ2n) is 7.26. The number of amides is 1. The first kappa shape index (κ1) is 18.2. The Hall–Kier alpha value is -3.82. The molecule has 1 amide bonds. The molecule has 1 aromatic carbocycles. The molecule has 0 N–H and O–H groups in total. The molecule has 0 unspecified atom stereocenters. The highest BCUT2D eigenvalue weighted by Gasteiger charge is 2.32. The quantitative estimate of drug-likeness (QED) is 0.511. The van der Waals surface area contributed by atoms with Gasteiger partial charge in [-0.05, 0) is 37.1 Å². The summed E-state index contributed by atoms with van der Waals surface area (Å²) in [5.41, 5.74) is 1.78. The predicted octanol–water partition coefficient (Wildman–Crippen LogP) is 1.78. The Morgan fingerprint density at radius 1 is 1.13 bits per heavy atom. The molecule has 5 rings (SSSR count). The number of imidazole rings is 1. The van der Waals surface area contributed by atoms with E-state index in [0.717, 1.165) is 12.8 Å². The van der Waals surface area contributed by atoms with Crippen molar-refractivity contribution < 1.29 is 9.53 Å². The minimum atomic E-state index is -0.169. The summed E-state index contributed by atoms with van der Waals surface area (Å²) in [7, 11) is 0. The Labute approximate surface area is 172 Å². The number of aromatic nitrogens is 7. The van der Waals surface area contributed by atoms with Crippen molar-refractivity contribution in [3.63, 3.8) is 0 Å². The zero-order chi connectivity index (χ0) is 20.5. The Morgan fingerprint density at radius 3 is 2.80 bits per heavy atom. The van der Waals surface area contributed by atoms with Crippen molar-refractivity contribution in [3.05, 3.63) is 60.9 Å². The molecule has 10 heteroatoms. The number of ether oxygens (including phenoxy) is 1. The lowest BCUT2D eigenvalue weighted by atomic mass is 9.99. The zero-order valence-electron chi connectivity index (χ0n) is 16.4. The summed E-state index contributed by atoms with van der Waals surface area (Å²) < 4.78 is 8.02. The van der Waals surface area contributed by atoms with Crippen molar-refractivity contribution in [1.82, 2.24) is 39.5 Å². The molecule has 3 aromatic heterocycles. The number of piperidine rings is 1. The largest absolute Gasteiger partial charge is 0.470 e. The van der Waals surface area contributed by atoms with Crippen molar-refractivity contribution >= 4 is 11.6 Å². The summed E-state index contributed by atoms with van der Waals surface area (Å²) in [6, 6.07) is 7.35. The maximum Gasteiger partial charge on any atom is 0.258 e. The molecule has 10 nitrogen and oxygen atoms in total. The number of hydrogen-bond acceptors (Lipinski definition) is 7. The zero-order valence-corrected chi connectivity index (χ0v) is 16.4. The monoisotopic (exact) mass is 404 g/mol. The lowest BCUT2D eigenvalue weighted by Crippen LogP contribution is -2.49. The fourth-order valence-electron chi connectivity index (χ4n) is 3.78. The number of nitrogens with zero attached hydrogens (tertiary/aromatic N) is 8. The fraction of sp³-hybridized carbons (Fsp3) is 0.300. The van der Waals surface area contributed by atoms with Crippen LogP contribution in [0.2, 0.25) is 0 Å². The van der Waals surface area contributed by atoms with Gasteiger partial charge in [0.25, 0.3) is 11.8 Å². The standard InChI is InChI=1S/C20H20N8O2/c1-14-6-7-15(30-19-18-21-8-10-26(18)11-9-22-19)12-27(14)20(29)16-4-2-3-5-17(16)28-24-13-23-25-28/h2-5,8-11,13-15H,6-7,12H2,1H3/t14-,15-/m1/s1. The number of carbonyl (C=O) groups is 1. The molecular weight excluding hydrogens is 384 g/mol. The summed E-state index contributed by atoms with van der Waals surface area (Å²) >= 11 is 0. The normalized spacial score (nSPS) is 19.2. The van der Waals surface area contributed by atoms with Crippen LogP contribution in [-0.4, -0.2) is 64.1 Å². The van der Waals surface area contributed by atoms with E-state index < -0.39 is 0 Å². The molecule has 30 heavy (non-hydrogen) atoms. The average Bonchev–Trinajstić information content (AvgIpc) is 3.47. The molecule has 0 aliphatic carbocycles. The summed E-state index contributed by atoms with van der Waals surface area (Å²) in [6.45, 7) is 2.51. The van der Waals surface area contributed by atoms with Gasteiger partial charge >= 0.3 is 0 Å². The van der Waals surface area contributed by atoms with E-state index in [1.165, 1.54) is 11.1 Å². The van der Waals surface area contributed by atoms with Gasteiger partial charge in [0, 0.05) is 30.8 Å². The molecule has 1 aliphatic rings.